The summed E-state index contributed by atoms with van der Waals surface area (Å²) in [6.45, 7) is 3.65. The van der Waals surface area contributed by atoms with Gasteiger partial charge in [0, 0.05) is 26.1 Å². The number of amides is 2. The molecule has 24 heavy (non-hydrogen) atoms. The van der Waals surface area contributed by atoms with E-state index in [-0.39, 0.29) is 24.7 Å². The zero-order chi connectivity index (χ0) is 17.7. The lowest BCUT2D eigenvalue weighted by Gasteiger charge is -2.10. The van der Waals surface area contributed by atoms with Gasteiger partial charge in [0.15, 0.2) is 11.4 Å². The van der Waals surface area contributed by atoms with Crippen molar-refractivity contribution in [2.75, 3.05) is 13.1 Å². The van der Waals surface area contributed by atoms with Crippen LogP contribution in [0, 0.1) is 6.92 Å². The summed E-state index contributed by atoms with van der Waals surface area (Å²) in [6.07, 6.45) is 0. The van der Waals surface area contributed by atoms with E-state index in [9.17, 15) is 19.5 Å². The second-order valence-corrected chi connectivity index (χ2v) is 5.21. The predicted molar refractivity (Wildman–Crippen MR) is 87.3 cm³/mol. The van der Waals surface area contributed by atoms with Gasteiger partial charge in [-0.25, -0.2) is 0 Å². The Morgan fingerprint density at radius 1 is 1.21 bits per heavy atom. The van der Waals surface area contributed by atoms with Gasteiger partial charge in [-0.3, -0.25) is 14.4 Å². The number of hydrogen-bond donors (Lipinski definition) is 3. The number of aromatic nitrogens is 2. The molecule has 0 aliphatic rings. The Kier molecular flexibility index (Phi) is 5.31. The molecule has 2 rings (SSSR count). The van der Waals surface area contributed by atoms with Crippen LogP contribution in [0.25, 0.3) is 5.69 Å². The second kappa shape index (κ2) is 7.40. The normalized spacial score (nSPS) is 10.2. The Morgan fingerprint density at radius 2 is 1.92 bits per heavy atom. The number of benzene rings is 1. The number of nitrogens with one attached hydrogen (secondary N) is 2. The summed E-state index contributed by atoms with van der Waals surface area (Å²) in [6, 6.07) is 7.99. The van der Waals surface area contributed by atoms with Crippen molar-refractivity contribution < 1.29 is 14.7 Å². The standard InChI is InChI=1S/C16H18N4O4/c1-10-4-3-5-12(8-10)20-14(23)9-13(22)15(19-20)16(24)18-7-6-17-11(2)21/h3-5,8-9,22H,6-7H2,1-2H3,(H,17,21)(H,18,24). The second-order valence-electron chi connectivity index (χ2n) is 5.21. The average molecular weight is 330 g/mol. The molecule has 1 aromatic carbocycles. The molecule has 8 nitrogen and oxygen atoms in total. The van der Waals surface area contributed by atoms with E-state index in [1.165, 1.54) is 6.92 Å². The highest BCUT2D eigenvalue weighted by molar-refractivity contribution is 5.94. The van der Waals surface area contributed by atoms with E-state index in [1.807, 2.05) is 13.0 Å². The van der Waals surface area contributed by atoms with Crippen molar-refractivity contribution in [2.24, 2.45) is 0 Å². The molecule has 2 amide bonds. The van der Waals surface area contributed by atoms with Crippen molar-refractivity contribution in [3.05, 3.63) is 51.9 Å². The molecule has 0 saturated carbocycles. The number of rotatable bonds is 5. The maximum Gasteiger partial charge on any atom is 0.275 e. The van der Waals surface area contributed by atoms with E-state index in [1.54, 1.807) is 18.2 Å². The summed E-state index contributed by atoms with van der Waals surface area (Å²) in [5.41, 5.74) is 0.606. The maximum absolute atomic E-state index is 12.1. The highest BCUT2D eigenvalue weighted by atomic mass is 16.3. The molecule has 0 unspecified atom stereocenters. The monoisotopic (exact) mass is 330 g/mol. The van der Waals surface area contributed by atoms with Crippen LogP contribution in [0.2, 0.25) is 0 Å². The Labute approximate surface area is 138 Å². The largest absolute Gasteiger partial charge is 0.505 e. The molecule has 0 aliphatic carbocycles. The molecule has 126 valence electrons. The molecule has 1 heterocycles. The zero-order valence-electron chi connectivity index (χ0n) is 13.4. The van der Waals surface area contributed by atoms with Gasteiger partial charge in [-0.15, -0.1) is 0 Å². The molecule has 0 atom stereocenters. The van der Waals surface area contributed by atoms with Crippen LogP contribution in [0.1, 0.15) is 23.0 Å². The summed E-state index contributed by atoms with van der Waals surface area (Å²) in [5.74, 6) is -1.35. The quantitative estimate of drug-likeness (QED) is 0.674. The van der Waals surface area contributed by atoms with Crippen LogP contribution in [-0.2, 0) is 4.79 Å². The number of carbonyl (C=O) groups is 2. The number of carbonyl (C=O) groups excluding carboxylic acids is 2. The Bertz CT molecular complexity index is 829. The van der Waals surface area contributed by atoms with Gasteiger partial charge in [-0.2, -0.15) is 9.78 Å². The molecule has 2 aromatic rings. The molecule has 0 aliphatic heterocycles. The van der Waals surface area contributed by atoms with Crippen LogP contribution in [0.3, 0.4) is 0 Å². The minimum atomic E-state index is -0.640. The summed E-state index contributed by atoms with van der Waals surface area (Å²) in [5, 5.41) is 18.8. The molecule has 0 spiro atoms. The fourth-order valence-electron chi connectivity index (χ4n) is 2.05. The van der Waals surface area contributed by atoms with Crippen molar-refractivity contribution in [2.45, 2.75) is 13.8 Å². The first-order valence-corrected chi connectivity index (χ1v) is 7.31. The van der Waals surface area contributed by atoms with Crippen molar-refractivity contribution in [1.82, 2.24) is 20.4 Å². The van der Waals surface area contributed by atoms with E-state index in [0.717, 1.165) is 16.3 Å². The third-order valence-corrected chi connectivity index (χ3v) is 3.16. The third-order valence-electron chi connectivity index (χ3n) is 3.16. The minimum Gasteiger partial charge on any atom is -0.505 e. The van der Waals surface area contributed by atoms with Crippen molar-refractivity contribution in [3.8, 4) is 11.4 Å². The molecule has 0 saturated heterocycles. The lowest BCUT2D eigenvalue weighted by molar-refractivity contribution is -0.118. The van der Waals surface area contributed by atoms with E-state index in [2.05, 4.69) is 15.7 Å². The van der Waals surface area contributed by atoms with Crippen LogP contribution in [-0.4, -0.2) is 39.8 Å². The Balaban J connectivity index is 2.24. The number of aromatic hydroxyl groups is 1. The van der Waals surface area contributed by atoms with Crippen LogP contribution in [0.15, 0.2) is 35.1 Å². The molecule has 1 aromatic heterocycles. The van der Waals surface area contributed by atoms with Gasteiger partial charge >= 0.3 is 0 Å². The van der Waals surface area contributed by atoms with Gasteiger partial charge in [0.05, 0.1) is 5.69 Å². The summed E-state index contributed by atoms with van der Waals surface area (Å²) < 4.78 is 1.05. The van der Waals surface area contributed by atoms with Gasteiger partial charge in [-0.05, 0) is 24.6 Å². The van der Waals surface area contributed by atoms with Crippen molar-refractivity contribution in [3.63, 3.8) is 0 Å². The Morgan fingerprint density at radius 3 is 2.58 bits per heavy atom. The maximum atomic E-state index is 12.1. The lowest BCUT2D eigenvalue weighted by atomic mass is 10.2. The zero-order valence-corrected chi connectivity index (χ0v) is 13.4. The van der Waals surface area contributed by atoms with E-state index >= 15 is 0 Å². The SMILES string of the molecule is CC(=O)NCCNC(=O)c1nn(-c2cccc(C)c2)c(=O)cc1O. The molecule has 3 N–H and O–H groups in total. The fourth-order valence-corrected chi connectivity index (χ4v) is 2.05. The first-order chi connectivity index (χ1) is 11.4. The fraction of sp³-hybridized carbons (Fsp3) is 0.250. The number of aryl methyl sites for hydroxylation is 1. The summed E-state index contributed by atoms with van der Waals surface area (Å²) >= 11 is 0. The van der Waals surface area contributed by atoms with Crippen LogP contribution in [0.5, 0.6) is 5.75 Å². The number of hydrogen-bond acceptors (Lipinski definition) is 5. The van der Waals surface area contributed by atoms with E-state index < -0.39 is 17.2 Å². The average Bonchev–Trinajstić information content (AvgIpc) is 2.51. The van der Waals surface area contributed by atoms with E-state index in [4.69, 9.17) is 0 Å². The van der Waals surface area contributed by atoms with Crippen LogP contribution < -0.4 is 16.2 Å². The molecule has 0 bridgehead atoms. The molecule has 8 heteroatoms. The summed E-state index contributed by atoms with van der Waals surface area (Å²) in [7, 11) is 0. The van der Waals surface area contributed by atoms with Gasteiger partial charge < -0.3 is 15.7 Å². The van der Waals surface area contributed by atoms with Crippen molar-refractivity contribution in [1.29, 1.82) is 0 Å². The summed E-state index contributed by atoms with van der Waals surface area (Å²) in [4.78, 5) is 34.9. The van der Waals surface area contributed by atoms with Crippen LogP contribution >= 0.6 is 0 Å². The molecular weight excluding hydrogens is 312 g/mol. The Hall–Kier alpha value is -3.16. The molecule has 0 radical (unpaired) electrons. The molecular formula is C16H18N4O4. The van der Waals surface area contributed by atoms with Gasteiger partial charge in [0.2, 0.25) is 5.91 Å². The third kappa shape index (κ3) is 4.19. The highest BCUT2D eigenvalue weighted by Gasteiger charge is 2.16. The number of nitrogens with zero attached hydrogens (tertiary/aromatic N) is 2. The smallest absolute Gasteiger partial charge is 0.275 e. The topological polar surface area (TPSA) is 113 Å². The lowest BCUT2D eigenvalue weighted by Crippen LogP contribution is -2.35. The van der Waals surface area contributed by atoms with Crippen LogP contribution in [0.4, 0.5) is 0 Å². The molecule has 0 fully saturated rings. The minimum absolute atomic E-state index is 0.170. The van der Waals surface area contributed by atoms with Gasteiger partial charge in [0.25, 0.3) is 11.5 Å². The predicted octanol–water partition coefficient (Wildman–Crippen LogP) is 0.112. The van der Waals surface area contributed by atoms with E-state index in [0.29, 0.717) is 5.69 Å². The van der Waals surface area contributed by atoms with Gasteiger partial charge in [-0.1, -0.05) is 12.1 Å². The first kappa shape index (κ1) is 17.2. The first-order valence-electron chi connectivity index (χ1n) is 7.31. The van der Waals surface area contributed by atoms with Crippen molar-refractivity contribution >= 4 is 11.8 Å². The highest BCUT2D eigenvalue weighted by Crippen LogP contribution is 2.13. The van der Waals surface area contributed by atoms with Gasteiger partial charge in [0.1, 0.15) is 0 Å².